The summed E-state index contributed by atoms with van der Waals surface area (Å²) in [5.74, 6) is 0. The van der Waals surface area contributed by atoms with Gasteiger partial charge in [-0.25, -0.2) is 0 Å². The fourth-order valence-corrected chi connectivity index (χ4v) is 8.02. The minimum absolute atomic E-state index is 0.0666. The third-order valence-electron chi connectivity index (χ3n) is 10.8. The molecule has 0 aromatic heterocycles. The van der Waals surface area contributed by atoms with Gasteiger partial charge in [0.15, 0.2) is 0 Å². The van der Waals surface area contributed by atoms with Gasteiger partial charge in [-0.1, -0.05) is 48.5 Å². The molecular weight excluding hydrogens is 781 g/mol. The highest BCUT2D eigenvalue weighted by Crippen LogP contribution is 2.44. The summed E-state index contributed by atoms with van der Waals surface area (Å²) in [5, 5.41) is 97.2. The van der Waals surface area contributed by atoms with Crippen molar-refractivity contribution in [3.8, 4) is 54.6 Å². The van der Waals surface area contributed by atoms with Crippen molar-refractivity contribution in [1.82, 2.24) is 16.0 Å². The first-order valence-corrected chi connectivity index (χ1v) is 20.4. The smallest absolute Gasteiger partial charge is 0.134 e. The molecular formula is C47H54N12O3. The molecule has 0 aromatic carbocycles. The molecule has 0 aliphatic heterocycles. The summed E-state index contributed by atoms with van der Waals surface area (Å²) in [6.45, 7) is 16.7. The van der Waals surface area contributed by atoms with E-state index in [9.17, 15) is 47.4 Å². The van der Waals surface area contributed by atoms with E-state index in [1.165, 1.54) is 0 Å². The Hall–Kier alpha value is -6.87. The standard InChI is InChI=1S/C47H54N12O3/c1-44(2)14-35(32(20-48)21-49)38(26-54)41(17-44)57-8-11-60-29-47(7,30-61-12-9-58-42-18-45(3,4)15-36(39(42)27-55)33(22-50)23-51)31-62-13-10-59-43-19-46(5,6)16-37(40(43)28-56)34(24-52)25-53/h57-59H,8-19,29-31H2,1-7H3. The van der Waals surface area contributed by atoms with E-state index in [-0.39, 0.29) is 72.6 Å². The van der Waals surface area contributed by atoms with Gasteiger partial charge >= 0.3 is 0 Å². The molecule has 3 N–H and O–H groups in total. The Balaban J connectivity index is 1.72. The molecule has 0 saturated heterocycles. The highest BCUT2D eigenvalue weighted by atomic mass is 16.5. The van der Waals surface area contributed by atoms with Crippen LogP contribution in [0.2, 0.25) is 0 Å². The summed E-state index contributed by atoms with van der Waals surface area (Å²) >= 11 is 0. The van der Waals surface area contributed by atoms with Crippen LogP contribution in [0.15, 0.2) is 67.2 Å². The third kappa shape index (κ3) is 13.3. The first kappa shape index (κ1) is 49.5. The predicted molar refractivity (Wildman–Crippen MR) is 226 cm³/mol. The number of nitriles is 9. The summed E-state index contributed by atoms with van der Waals surface area (Å²) in [4.78, 5) is 0. The van der Waals surface area contributed by atoms with E-state index in [2.05, 4.69) is 34.2 Å². The molecule has 0 bridgehead atoms. The fraction of sp³-hybridized carbons (Fsp3) is 0.553. The van der Waals surface area contributed by atoms with Crippen LogP contribution in [0.1, 0.15) is 87.0 Å². The second-order valence-electron chi connectivity index (χ2n) is 18.4. The molecule has 0 heterocycles. The molecule has 0 atom stereocenters. The van der Waals surface area contributed by atoms with Crippen molar-refractivity contribution in [3.63, 3.8) is 0 Å². The van der Waals surface area contributed by atoms with Crippen LogP contribution in [0.5, 0.6) is 0 Å². The van der Waals surface area contributed by atoms with E-state index in [1.807, 2.05) is 84.9 Å². The lowest BCUT2D eigenvalue weighted by atomic mass is 9.73. The lowest BCUT2D eigenvalue weighted by Gasteiger charge is -2.34. The molecule has 0 unspecified atom stereocenters. The Labute approximate surface area is 366 Å². The molecule has 0 saturated carbocycles. The number of hydrogen-bond donors (Lipinski definition) is 3. The largest absolute Gasteiger partial charge is 0.385 e. The Kier molecular flexibility index (Phi) is 17.7. The molecule has 15 heteroatoms. The Morgan fingerprint density at radius 1 is 0.452 bits per heavy atom. The topological polar surface area (TPSA) is 278 Å². The van der Waals surface area contributed by atoms with Gasteiger partial charge in [0.2, 0.25) is 0 Å². The lowest BCUT2D eigenvalue weighted by molar-refractivity contribution is -0.0578. The van der Waals surface area contributed by atoms with Crippen molar-refractivity contribution in [3.05, 3.63) is 67.2 Å². The number of ether oxygens (including phenoxy) is 3. The van der Waals surface area contributed by atoms with E-state index in [1.54, 1.807) is 0 Å². The van der Waals surface area contributed by atoms with Gasteiger partial charge in [0.25, 0.3) is 0 Å². The molecule has 0 fully saturated rings. The summed E-state index contributed by atoms with van der Waals surface area (Å²) in [6, 6.07) is 18.1. The number of allylic oxidation sites excluding steroid dienone is 12. The van der Waals surface area contributed by atoms with Crippen LogP contribution in [0.3, 0.4) is 0 Å². The zero-order valence-electron chi connectivity index (χ0n) is 36.9. The maximum absolute atomic E-state index is 9.99. The van der Waals surface area contributed by atoms with Crippen molar-refractivity contribution >= 4 is 0 Å². The van der Waals surface area contributed by atoms with Crippen LogP contribution in [-0.2, 0) is 14.2 Å². The summed E-state index contributed by atoms with van der Waals surface area (Å²) in [7, 11) is 0. The number of hydrogen-bond acceptors (Lipinski definition) is 15. The van der Waals surface area contributed by atoms with Crippen LogP contribution in [-0.4, -0.2) is 59.3 Å². The second kappa shape index (κ2) is 22.1. The summed E-state index contributed by atoms with van der Waals surface area (Å²) < 4.78 is 18.5. The van der Waals surface area contributed by atoms with Crippen LogP contribution in [0, 0.1) is 124 Å². The van der Waals surface area contributed by atoms with Crippen molar-refractivity contribution in [2.45, 2.75) is 87.0 Å². The summed E-state index contributed by atoms with van der Waals surface area (Å²) in [6.07, 6.45) is 2.98. The lowest BCUT2D eigenvalue weighted by Crippen LogP contribution is -2.37. The van der Waals surface area contributed by atoms with Gasteiger partial charge < -0.3 is 30.2 Å². The minimum atomic E-state index is -0.642. The Morgan fingerprint density at radius 3 is 0.903 bits per heavy atom. The normalized spacial score (nSPS) is 17.6. The van der Waals surface area contributed by atoms with E-state index < -0.39 is 5.41 Å². The van der Waals surface area contributed by atoms with Gasteiger partial charge in [-0.05, 0) is 54.8 Å². The molecule has 0 radical (unpaired) electrons. The summed E-state index contributed by atoms with van der Waals surface area (Å²) in [5.41, 5.74) is 2.56. The zero-order valence-corrected chi connectivity index (χ0v) is 36.9. The van der Waals surface area contributed by atoms with Crippen LogP contribution in [0.4, 0.5) is 0 Å². The highest BCUT2D eigenvalue weighted by molar-refractivity contribution is 5.59. The maximum atomic E-state index is 9.99. The Morgan fingerprint density at radius 2 is 0.694 bits per heavy atom. The first-order chi connectivity index (χ1) is 29.4. The fourth-order valence-electron chi connectivity index (χ4n) is 8.02. The van der Waals surface area contributed by atoms with Crippen molar-refractivity contribution in [2.75, 3.05) is 59.3 Å². The first-order valence-electron chi connectivity index (χ1n) is 20.4. The number of nitrogens with zero attached hydrogens (tertiary/aromatic N) is 9. The molecule has 3 rings (SSSR count). The van der Waals surface area contributed by atoms with Gasteiger partial charge in [-0.2, -0.15) is 47.4 Å². The monoisotopic (exact) mass is 834 g/mol. The van der Waals surface area contributed by atoms with Crippen molar-refractivity contribution in [2.24, 2.45) is 21.7 Å². The van der Waals surface area contributed by atoms with Crippen molar-refractivity contribution < 1.29 is 14.2 Å². The van der Waals surface area contributed by atoms with Crippen LogP contribution < -0.4 is 16.0 Å². The van der Waals surface area contributed by atoms with Crippen LogP contribution in [0.25, 0.3) is 0 Å². The zero-order chi connectivity index (χ0) is 46.1. The van der Waals surface area contributed by atoms with E-state index in [0.717, 1.165) is 0 Å². The SMILES string of the molecule is CC1(C)CC(NCCOCC(C)(COCCNC2=C(C#N)C(=C(C#N)C#N)CC(C)(C)C2)COCCNC2=C(C#N)C(=C(C#N)C#N)CC(C)(C)C2)=C(C#N)C(=C(C#N)C#N)C1. The van der Waals surface area contributed by atoms with Gasteiger partial charge in [0.05, 0.1) is 56.4 Å². The molecule has 0 aromatic rings. The minimum Gasteiger partial charge on any atom is -0.385 e. The molecule has 0 amide bonds. The average Bonchev–Trinajstić information content (AvgIpc) is 3.21. The Bertz CT molecular complexity index is 2040. The third-order valence-corrected chi connectivity index (χ3v) is 10.8. The van der Waals surface area contributed by atoms with Crippen LogP contribution >= 0.6 is 0 Å². The predicted octanol–water partition coefficient (Wildman–Crippen LogP) is 6.64. The highest BCUT2D eigenvalue weighted by Gasteiger charge is 2.35. The maximum Gasteiger partial charge on any atom is 0.134 e. The van der Waals surface area contributed by atoms with Crippen molar-refractivity contribution in [1.29, 1.82) is 47.4 Å². The molecule has 15 nitrogen and oxygen atoms in total. The second-order valence-corrected chi connectivity index (χ2v) is 18.4. The molecule has 0 spiro atoms. The van der Waals surface area contributed by atoms with E-state index in [4.69, 9.17) is 14.2 Å². The molecule has 320 valence electrons. The number of rotatable bonds is 18. The molecule has 62 heavy (non-hydrogen) atoms. The van der Waals surface area contributed by atoms with Gasteiger partial charge in [-0.3, -0.25) is 0 Å². The number of nitrogens with one attached hydrogen (secondary N) is 3. The average molecular weight is 835 g/mol. The van der Waals surface area contributed by atoms with Gasteiger partial charge in [-0.15, -0.1) is 0 Å². The van der Waals surface area contributed by atoms with Gasteiger partial charge in [0, 0.05) is 58.9 Å². The quantitative estimate of drug-likeness (QED) is 0.0964. The van der Waals surface area contributed by atoms with E-state index >= 15 is 0 Å². The molecule has 3 aliphatic rings. The molecule has 3 aliphatic carbocycles. The van der Waals surface area contributed by atoms with Gasteiger partial charge in [0.1, 0.15) is 71.3 Å². The van der Waals surface area contributed by atoms with E-state index in [0.29, 0.717) is 109 Å².